The Morgan fingerprint density at radius 3 is 2.50 bits per heavy atom. The third kappa shape index (κ3) is 3.20. The Balaban J connectivity index is 1.87. The number of carbonyl (C=O) groups excluding carboxylic acids is 1. The van der Waals surface area contributed by atoms with Gasteiger partial charge in [0.1, 0.15) is 0 Å². The van der Waals surface area contributed by atoms with Crippen LogP contribution < -0.4 is 0 Å². The van der Waals surface area contributed by atoms with Crippen LogP contribution in [0.3, 0.4) is 0 Å². The summed E-state index contributed by atoms with van der Waals surface area (Å²) in [6, 6.07) is 4.90. The fraction of sp³-hybridized carbons (Fsp3) is 0.471. The first-order chi connectivity index (χ1) is 11.3. The van der Waals surface area contributed by atoms with E-state index < -0.39 is 12.1 Å². The number of aromatic nitrogens is 2. The van der Waals surface area contributed by atoms with Crippen molar-refractivity contribution in [2.45, 2.75) is 32.9 Å². The van der Waals surface area contributed by atoms with E-state index in [-0.39, 0.29) is 18.9 Å². The maximum Gasteiger partial charge on any atom is 0.393 e. The number of alkyl halides is 3. The van der Waals surface area contributed by atoms with Crippen LogP contribution >= 0.6 is 0 Å². The molecule has 128 valence electrons. The van der Waals surface area contributed by atoms with E-state index >= 15 is 0 Å². The molecule has 1 fully saturated rings. The fourth-order valence-electron chi connectivity index (χ4n) is 2.98. The van der Waals surface area contributed by atoms with Gasteiger partial charge in [0, 0.05) is 18.7 Å². The summed E-state index contributed by atoms with van der Waals surface area (Å²) in [6.07, 6.45) is -3.82. The highest BCUT2D eigenvalue weighted by atomic mass is 19.4. The highest BCUT2D eigenvalue weighted by Crippen LogP contribution is 2.33. The summed E-state index contributed by atoms with van der Waals surface area (Å²) in [5.41, 5.74) is 3.17. The quantitative estimate of drug-likeness (QED) is 0.798. The molecule has 1 aromatic heterocycles. The van der Waals surface area contributed by atoms with Crippen molar-refractivity contribution in [2.75, 3.05) is 13.1 Å². The topological polar surface area (TPSA) is 46.1 Å². The SMILES string of the molecule is Cc1nc2ccc(C(=O)N3CCC[C@@H](C(F)(F)F)C3)cc2nc1C. The van der Waals surface area contributed by atoms with Crippen LogP contribution in [0.2, 0.25) is 0 Å². The van der Waals surface area contributed by atoms with E-state index in [2.05, 4.69) is 9.97 Å². The van der Waals surface area contributed by atoms with Crippen molar-refractivity contribution < 1.29 is 18.0 Å². The number of benzene rings is 1. The number of hydrogen-bond acceptors (Lipinski definition) is 3. The third-order valence-electron chi connectivity index (χ3n) is 4.49. The molecule has 0 spiro atoms. The molecule has 0 saturated carbocycles. The van der Waals surface area contributed by atoms with Gasteiger partial charge in [0.2, 0.25) is 0 Å². The summed E-state index contributed by atoms with van der Waals surface area (Å²) < 4.78 is 38.7. The summed E-state index contributed by atoms with van der Waals surface area (Å²) in [5, 5.41) is 0. The van der Waals surface area contributed by atoms with E-state index in [9.17, 15) is 18.0 Å². The molecule has 0 bridgehead atoms. The van der Waals surface area contributed by atoms with Gasteiger partial charge in [-0.25, -0.2) is 9.97 Å². The van der Waals surface area contributed by atoms with Gasteiger partial charge in [0.05, 0.1) is 28.3 Å². The Morgan fingerprint density at radius 1 is 1.17 bits per heavy atom. The van der Waals surface area contributed by atoms with E-state index in [1.807, 2.05) is 13.8 Å². The monoisotopic (exact) mass is 337 g/mol. The lowest BCUT2D eigenvalue weighted by Gasteiger charge is -2.33. The number of hydrogen-bond donors (Lipinski definition) is 0. The molecule has 7 heteroatoms. The minimum Gasteiger partial charge on any atom is -0.338 e. The Morgan fingerprint density at radius 2 is 1.83 bits per heavy atom. The van der Waals surface area contributed by atoms with Crippen LogP contribution in [0.25, 0.3) is 11.0 Å². The number of aryl methyl sites for hydroxylation is 2. The fourth-order valence-corrected chi connectivity index (χ4v) is 2.98. The van der Waals surface area contributed by atoms with E-state index in [1.54, 1.807) is 18.2 Å². The molecule has 1 aliphatic rings. The number of nitrogens with zero attached hydrogens (tertiary/aromatic N) is 3. The predicted octanol–water partition coefficient (Wildman–Crippen LogP) is 3.66. The van der Waals surface area contributed by atoms with Crippen LogP contribution in [0, 0.1) is 19.8 Å². The molecule has 1 atom stereocenters. The first-order valence-corrected chi connectivity index (χ1v) is 7.86. The zero-order chi connectivity index (χ0) is 17.5. The van der Waals surface area contributed by atoms with Crippen LogP contribution in [-0.2, 0) is 0 Å². The van der Waals surface area contributed by atoms with Crippen LogP contribution in [0.4, 0.5) is 13.2 Å². The van der Waals surface area contributed by atoms with Gasteiger partial charge < -0.3 is 4.90 Å². The van der Waals surface area contributed by atoms with Crippen LogP contribution in [0.1, 0.15) is 34.6 Å². The smallest absolute Gasteiger partial charge is 0.338 e. The maximum atomic E-state index is 12.9. The second-order valence-electron chi connectivity index (χ2n) is 6.23. The summed E-state index contributed by atoms with van der Waals surface area (Å²) in [5.74, 6) is -1.83. The van der Waals surface area contributed by atoms with Crippen molar-refractivity contribution in [3.63, 3.8) is 0 Å². The first-order valence-electron chi connectivity index (χ1n) is 7.86. The third-order valence-corrected chi connectivity index (χ3v) is 4.49. The number of amides is 1. The molecule has 2 heterocycles. The van der Waals surface area contributed by atoms with Crippen molar-refractivity contribution >= 4 is 16.9 Å². The van der Waals surface area contributed by atoms with Gasteiger partial charge in [-0.2, -0.15) is 13.2 Å². The number of carbonyl (C=O) groups is 1. The average Bonchev–Trinajstić information content (AvgIpc) is 2.54. The van der Waals surface area contributed by atoms with Gasteiger partial charge in [-0.05, 0) is 44.9 Å². The molecule has 0 aliphatic carbocycles. The van der Waals surface area contributed by atoms with E-state index in [1.165, 1.54) is 4.90 Å². The number of piperidine rings is 1. The van der Waals surface area contributed by atoms with Gasteiger partial charge in [-0.15, -0.1) is 0 Å². The Kier molecular flexibility index (Phi) is 4.19. The minimum absolute atomic E-state index is 0.0783. The van der Waals surface area contributed by atoms with Crippen molar-refractivity contribution in [1.82, 2.24) is 14.9 Å². The molecule has 1 aliphatic heterocycles. The largest absolute Gasteiger partial charge is 0.393 e. The average molecular weight is 337 g/mol. The molecule has 1 amide bonds. The molecular formula is C17H18F3N3O. The standard InChI is InChI=1S/C17H18F3N3O/c1-10-11(2)22-15-8-12(5-6-14(15)21-10)16(24)23-7-3-4-13(9-23)17(18,19)20/h5-6,8,13H,3-4,7,9H2,1-2H3/t13-/m1/s1. The summed E-state index contributed by atoms with van der Waals surface area (Å²) in [6.45, 7) is 3.75. The van der Waals surface area contributed by atoms with E-state index in [0.717, 1.165) is 11.4 Å². The van der Waals surface area contributed by atoms with Crippen molar-refractivity contribution in [3.05, 3.63) is 35.2 Å². The lowest BCUT2D eigenvalue weighted by atomic mass is 9.97. The number of fused-ring (bicyclic) bond motifs is 1. The maximum absolute atomic E-state index is 12.9. The molecule has 1 saturated heterocycles. The van der Waals surface area contributed by atoms with Gasteiger partial charge in [-0.1, -0.05) is 0 Å². The Bertz CT molecular complexity index is 788. The highest BCUT2D eigenvalue weighted by molar-refractivity contribution is 5.97. The second-order valence-corrected chi connectivity index (χ2v) is 6.23. The van der Waals surface area contributed by atoms with Crippen molar-refractivity contribution in [3.8, 4) is 0 Å². The summed E-state index contributed by atoms with van der Waals surface area (Å²) >= 11 is 0. The first kappa shape index (κ1) is 16.7. The molecule has 4 nitrogen and oxygen atoms in total. The molecule has 3 rings (SSSR count). The van der Waals surface area contributed by atoms with Gasteiger partial charge >= 0.3 is 6.18 Å². The Hall–Kier alpha value is -2.18. The molecule has 2 aromatic rings. The normalized spacial score (nSPS) is 18.9. The summed E-state index contributed by atoms with van der Waals surface area (Å²) in [4.78, 5) is 22.7. The van der Waals surface area contributed by atoms with Gasteiger partial charge in [-0.3, -0.25) is 4.79 Å². The highest BCUT2D eigenvalue weighted by Gasteiger charge is 2.42. The van der Waals surface area contributed by atoms with Crippen LogP contribution in [-0.4, -0.2) is 40.0 Å². The number of rotatable bonds is 1. The molecule has 0 radical (unpaired) electrons. The zero-order valence-corrected chi connectivity index (χ0v) is 13.5. The van der Waals surface area contributed by atoms with Crippen LogP contribution in [0.5, 0.6) is 0 Å². The van der Waals surface area contributed by atoms with Crippen molar-refractivity contribution in [1.29, 1.82) is 0 Å². The number of halogens is 3. The molecule has 0 N–H and O–H groups in total. The predicted molar refractivity (Wildman–Crippen MR) is 83.7 cm³/mol. The van der Waals surface area contributed by atoms with E-state index in [0.29, 0.717) is 29.6 Å². The molecule has 0 unspecified atom stereocenters. The van der Waals surface area contributed by atoms with Gasteiger partial charge in [0.25, 0.3) is 5.91 Å². The molecule has 24 heavy (non-hydrogen) atoms. The van der Waals surface area contributed by atoms with Crippen LogP contribution in [0.15, 0.2) is 18.2 Å². The lowest BCUT2D eigenvalue weighted by molar-refractivity contribution is -0.184. The summed E-state index contributed by atoms with van der Waals surface area (Å²) in [7, 11) is 0. The molecular weight excluding hydrogens is 319 g/mol. The second kappa shape index (κ2) is 6.03. The minimum atomic E-state index is -4.26. The Labute approximate surface area is 137 Å². The molecule has 1 aromatic carbocycles. The van der Waals surface area contributed by atoms with Crippen molar-refractivity contribution in [2.24, 2.45) is 5.92 Å². The zero-order valence-electron chi connectivity index (χ0n) is 13.5. The van der Waals surface area contributed by atoms with Gasteiger partial charge in [0.15, 0.2) is 0 Å². The van der Waals surface area contributed by atoms with E-state index in [4.69, 9.17) is 0 Å². The number of likely N-dealkylation sites (tertiary alicyclic amines) is 1. The lowest BCUT2D eigenvalue weighted by Crippen LogP contribution is -2.44.